The van der Waals surface area contributed by atoms with E-state index in [1.165, 1.54) is 0 Å². The summed E-state index contributed by atoms with van der Waals surface area (Å²) in [7, 11) is 5.48. The summed E-state index contributed by atoms with van der Waals surface area (Å²) in [6.45, 7) is 8.40. The zero-order valence-corrected chi connectivity index (χ0v) is 16.7. The first-order valence-corrected chi connectivity index (χ1v) is 9.81. The third-order valence-electron chi connectivity index (χ3n) is 5.05. The van der Waals surface area contributed by atoms with Gasteiger partial charge in [-0.3, -0.25) is 19.6 Å². The normalized spacial score (nSPS) is 22.4. The molecule has 2 rings (SSSR count). The number of hydrogen-bond acceptors (Lipinski definition) is 5. The minimum absolute atomic E-state index is 0.0657. The third kappa shape index (κ3) is 6.74. The standard InChI is InChI=1S/C18H36N6O2/c1-19-18(21-8-11-23-12-14-26-15-13-23)20-7-5-10-24-9-4-6-16(24)17(25)22(2)3/h16H,4-15H2,1-3H3,(H2,19,20,21). The van der Waals surface area contributed by atoms with Crippen LogP contribution in [0.2, 0.25) is 0 Å². The van der Waals surface area contributed by atoms with Crippen molar-refractivity contribution in [2.45, 2.75) is 25.3 Å². The number of nitrogens with zero attached hydrogens (tertiary/aromatic N) is 4. The first-order valence-electron chi connectivity index (χ1n) is 9.81. The number of carbonyl (C=O) groups excluding carboxylic acids is 1. The van der Waals surface area contributed by atoms with Crippen LogP contribution in [0.5, 0.6) is 0 Å². The lowest BCUT2D eigenvalue weighted by atomic mass is 10.2. The van der Waals surface area contributed by atoms with Gasteiger partial charge in [-0.15, -0.1) is 0 Å². The summed E-state index contributed by atoms with van der Waals surface area (Å²) >= 11 is 0. The molecule has 1 amide bonds. The van der Waals surface area contributed by atoms with Crippen LogP contribution in [-0.2, 0) is 9.53 Å². The van der Waals surface area contributed by atoms with Gasteiger partial charge in [0.15, 0.2) is 5.96 Å². The van der Waals surface area contributed by atoms with Crippen LogP contribution in [0.15, 0.2) is 4.99 Å². The van der Waals surface area contributed by atoms with Crippen molar-refractivity contribution in [3.8, 4) is 0 Å². The van der Waals surface area contributed by atoms with Gasteiger partial charge in [0.1, 0.15) is 0 Å². The van der Waals surface area contributed by atoms with Crippen LogP contribution in [0, 0.1) is 0 Å². The predicted octanol–water partition coefficient (Wildman–Crippen LogP) is -0.574. The number of rotatable bonds is 8. The molecule has 1 atom stereocenters. The van der Waals surface area contributed by atoms with Crippen molar-refractivity contribution >= 4 is 11.9 Å². The Hall–Kier alpha value is -1.38. The molecule has 8 nitrogen and oxygen atoms in total. The molecule has 150 valence electrons. The van der Waals surface area contributed by atoms with E-state index in [0.29, 0.717) is 0 Å². The zero-order chi connectivity index (χ0) is 18.8. The van der Waals surface area contributed by atoms with Crippen molar-refractivity contribution in [2.75, 3.05) is 80.2 Å². The Morgan fingerprint density at radius 1 is 1.15 bits per heavy atom. The number of likely N-dealkylation sites (tertiary alicyclic amines) is 1. The van der Waals surface area contributed by atoms with Gasteiger partial charge in [-0.05, 0) is 25.8 Å². The van der Waals surface area contributed by atoms with E-state index in [2.05, 4.69) is 25.4 Å². The molecule has 2 saturated heterocycles. The van der Waals surface area contributed by atoms with E-state index in [4.69, 9.17) is 4.74 Å². The highest BCUT2D eigenvalue weighted by Gasteiger charge is 2.30. The number of morpholine rings is 1. The highest BCUT2D eigenvalue weighted by Crippen LogP contribution is 2.18. The molecular weight excluding hydrogens is 332 g/mol. The van der Waals surface area contributed by atoms with Gasteiger partial charge in [0, 0.05) is 60.4 Å². The van der Waals surface area contributed by atoms with E-state index in [1.54, 1.807) is 11.9 Å². The molecule has 0 aromatic rings. The van der Waals surface area contributed by atoms with Gasteiger partial charge in [-0.1, -0.05) is 0 Å². The van der Waals surface area contributed by atoms with Crippen molar-refractivity contribution in [3.63, 3.8) is 0 Å². The highest BCUT2D eigenvalue weighted by molar-refractivity contribution is 5.81. The van der Waals surface area contributed by atoms with Crippen molar-refractivity contribution < 1.29 is 9.53 Å². The van der Waals surface area contributed by atoms with E-state index in [-0.39, 0.29) is 11.9 Å². The highest BCUT2D eigenvalue weighted by atomic mass is 16.5. The summed E-state index contributed by atoms with van der Waals surface area (Å²) in [4.78, 5) is 22.9. The number of guanidine groups is 1. The van der Waals surface area contributed by atoms with Crippen LogP contribution in [0.4, 0.5) is 0 Å². The topological polar surface area (TPSA) is 72.4 Å². The molecule has 2 aliphatic heterocycles. The van der Waals surface area contributed by atoms with E-state index >= 15 is 0 Å². The molecule has 2 heterocycles. The lowest BCUT2D eigenvalue weighted by molar-refractivity contribution is -0.133. The van der Waals surface area contributed by atoms with Gasteiger partial charge >= 0.3 is 0 Å². The van der Waals surface area contributed by atoms with Crippen molar-refractivity contribution in [3.05, 3.63) is 0 Å². The average molecular weight is 369 g/mol. The number of nitrogens with one attached hydrogen (secondary N) is 2. The first-order chi connectivity index (χ1) is 12.6. The summed E-state index contributed by atoms with van der Waals surface area (Å²) < 4.78 is 5.37. The molecule has 0 bridgehead atoms. The molecule has 2 aliphatic rings. The van der Waals surface area contributed by atoms with E-state index in [9.17, 15) is 4.79 Å². The van der Waals surface area contributed by atoms with Gasteiger partial charge in [0.2, 0.25) is 5.91 Å². The Morgan fingerprint density at radius 2 is 1.88 bits per heavy atom. The summed E-state index contributed by atoms with van der Waals surface area (Å²) in [5, 5.41) is 6.74. The number of ether oxygens (including phenoxy) is 1. The number of likely N-dealkylation sites (N-methyl/N-ethyl adjacent to an activating group) is 1. The molecule has 0 aliphatic carbocycles. The molecule has 0 aromatic carbocycles. The third-order valence-corrected chi connectivity index (χ3v) is 5.05. The summed E-state index contributed by atoms with van der Waals surface area (Å²) in [6, 6.07) is 0.0657. The smallest absolute Gasteiger partial charge is 0.239 e. The zero-order valence-electron chi connectivity index (χ0n) is 16.7. The van der Waals surface area contributed by atoms with Crippen LogP contribution in [0.3, 0.4) is 0 Å². The molecule has 0 saturated carbocycles. The van der Waals surface area contributed by atoms with Gasteiger partial charge < -0.3 is 20.3 Å². The number of carbonyl (C=O) groups is 1. The van der Waals surface area contributed by atoms with Crippen LogP contribution >= 0.6 is 0 Å². The van der Waals surface area contributed by atoms with E-state index in [0.717, 1.165) is 84.2 Å². The Bertz CT molecular complexity index is 451. The van der Waals surface area contributed by atoms with Crippen molar-refractivity contribution in [1.82, 2.24) is 25.3 Å². The van der Waals surface area contributed by atoms with Gasteiger partial charge in [0.05, 0.1) is 19.3 Å². The molecule has 2 N–H and O–H groups in total. The van der Waals surface area contributed by atoms with E-state index < -0.39 is 0 Å². The molecule has 0 spiro atoms. The molecule has 0 aromatic heterocycles. The molecule has 1 unspecified atom stereocenters. The SMILES string of the molecule is CN=C(NCCCN1CCCC1C(=O)N(C)C)NCCN1CCOCC1. The second-order valence-electron chi connectivity index (χ2n) is 7.16. The molecule has 26 heavy (non-hydrogen) atoms. The second-order valence-corrected chi connectivity index (χ2v) is 7.16. The Kier molecular flexibility index (Phi) is 9.14. The lowest BCUT2D eigenvalue weighted by Crippen LogP contribution is -2.45. The van der Waals surface area contributed by atoms with Gasteiger partial charge in [0.25, 0.3) is 0 Å². The fourth-order valence-electron chi connectivity index (χ4n) is 3.54. The maximum Gasteiger partial charge on any atom is 0.239 e. The fraction of sp³-hybridized carbons (Fsp3) is 0.889. The fourth-order valence-corrected chi connectivity index (χ4v) is 3.54. The molecule has 8 heteroatoms. The average Bonchev–Trinajstić information content (AvgIpc) is 3.12. The molecular formula is C18H36N6O2. The Labute approximate surface area is 157 Å². The molecule has 2 fully saturated rings. The summed E-state index contributed by atoms with van der Waals surface area (Å²) in [5.41, 5.74) is 0. The first kappa shape index (κ1) is 20.9. The van der Waals surface area contributed by atoms with E-state index in [1.807, 2.05) is 14.1 Å². The van der Waals surface area contributed by atoms with Crippen LogP contribution < -0.4 is 10.6 Å². The quantitative estimate of drug-likeness (QED) is 0.340. The predicted molar refractivity (Wildman–Crippen MR) is 105 cm³/mol. The molecule has 0 radical (unpaired) electrons. The minimum atomic E-state index is 0.0657. The second kappa shape index (κ2) is 11.4. The maximum atomic E-state index is 12.2. The summed E-state index contributed by atoms with van der Waals surface area (Å²) in [5.74, 6) is 1.08. The van der Waals surface area contributed by atoms with Crippen LogP contribution in [-0.4, -0.2) is 113 Å². The maximum absolute atomic E-state index is 12.2. The van der Waals surface area contributed by atoms with Crippen LogP contribution in [0.1, 0.15) is 19.3 Å². The number of hydrogen-bond donors (Lipinski definition) is 2. The Morgan fingerprint density at radius 3 is 2.58 bits per heavy atom. The van der Waals surface area contributed by atoms with Gasteiger partial charge in [-0.25, -0.2) is 0 Å². The van der Waals surface area contributed by atoms with Gasteiger partial charge in [-0.2, -0.15) is 0 Å². The summed E-state index contributed by atoms with van der Waals surface area (Å²) in [6.07, 6.45) is 3.10. The largest absolute Gasteiger partial charge is 0.379 e. The van der Waals surface area contributed by atoms with Crippen LogP contribution in [0.25, 0.3) is 0 Å². The monoisotopic (exact) mass is 368 g/mol. The Balaban J connectivity index is 1.59. The number of amides is 1. The van der Waals surface area contributed by atoms with Crippen molar-refractivity contribution in [2.24, 2.45) is 4.99 Å². The van der Waals surface area contributed by atoms with Crippen molar-refractivity contribution in [1.29, 1.82) is 0 Å². The minimum Gasteiger partial charge on any atom is -0.379 e. The lowest BCUT2D eigenvalue weighted by Gasteiger charge is -2.27. The number of aliphatic imine (C=N–C) groups is 1.